The quantitative estimate of drug-likeness (QED) is 0.644. The van der Waals surface area contributed by atoms with Crippen LogP contribution in [-0.4, -0.2) is 15.7 Å². The lowest BCUT2D eigenvalue weighted by atomic mass is 10.2. The van der Waals surface area contributed by atoms with E-state index in [-0.39, 0.29) is 0 Å². The van der Waals surface area contributed by atoms with E-state index >= 15 is 0 Å². The van der Waals surface area contributed by atoms with E-state index in [1.165, 1.54) is 0 Å². The van der Waals surface area contributed by atoms with Crippen LogP contribution in [-0.2, 0) is 0 Å². The SMILES string of the molecule is Cc1nc2c3c(Br)cccc3ccn2c1C=O. The Kier molecular flexibility index (Phi) is 2.26. The van der Waals surface area contributed by atoms with Gasteiger partial charge in [0, 0.05) is 16.1 Å². The van der Waals surface area contributed by atoms with E-state index in [9.17, 15) is 4.79 Å². The Balaban J connectivity index is 2.61. The summed E-state index contributed by atoms with van der Waals surface area (Å²) in [7, 11) is 0. The van der Waals surface area contributed by atoms with Gasteiger partial charge in [0.1, 0.15) is 11.3 Å². The van der Waals surface area contributed by atoms with Crippen molar-refractivity contribution >= 4 is 38.6 Å². The topological polar surface area (TPSA) is 34.4 Å². The van der Waals surface area contributed by atoms with E-state index in [2.05, 4.69) is 20.9 Å². The summed E-state index contributed by atoms with van der Waals surface area (Å²) in [5.74, 6) is 0. The Morgan fingerprint density at radius 3 is 2.94 bits per heavy atom. The maximum Gasteiger partial charge on any atom is 0.168 e. The molecule has 1 aromatic carbocycles. The van der Waals surface area contributed by atoms with Gasteiger partial charge in [0.2, 0.25) is 0 Å². The Morgan fingerprint density at radius 2 is 2.18 bits per heavy atom. The molecule has 3 aromatic rings. The minimum Gasteiger partial charge on any atom is -0.296 e. The second kappa shape index (κ2) is 3.67. The molecule has 4 heteroatoms. The molecule has 17 heavy (non-hydrogen) atoms. The van der Waals surface area contributed by atoms with Crippen LogP contribution in [0.4, 0.5) is 0 Å². The zero-order valence-corrected chi connectivity index (χ0v) is 10.7. The highest BCUT2D eigenvalue weighted by Crippen LogP contribution is 2.28. The average molecular weight is 289 g/mol. The molecule has 0 amide bonds. The summed E-state index contributed by atoms with van der Waals surface area (Å²) in [4.78, 5) is 15.5. The molecule has 0 radical (unpaired) electrons. The van der Waals surface area contributed by atoms with Crippen molar-refractivity contribution in [2.75, 3.05) is 0 Å². The molecule has 0 spiro atoms. The van der Waals surface area contributed by atoms with Gasteiger partial charge in [-0.3, -0.25) is 9.20 Å². The highest BCUT2D eigenvalue weighted by atomic mass is 79.9. The largest absolute Gasteiger partial charge is 0.296 e. The van der Waals surface area contributed by atoms with Crippen LogP contribution in [0.25, 0.3) is 16.4 Å². The van der Waals surface area contributed by atoms with Crippen LogP contribution in [0.1, 0.15) is 16.2 Å². The lowest BCUT2D eigenvalue weighted by Crippen LogP contribution is -1.92. The molecule has 0 saturated carbocycles. The molecule has 0 N–H and O–H groups in total. The number of hydrogen-bond donors (Lipinski definition) is 0. The van der Waals surface area contributed by atoms with Crippen LogP contribution in [0.5, 0.6) is 0 Å². The van der Waals surface area contributed by atoms with Crippen molar-refractivity contribution in [2.45, 2.75) is 6.92 Å². The molecule has 0 unspecified atom stereocenters. The molecule has 0 aliphatic rings. The van der Waals surface area contributed by atoms with Crippen LogP contribution in [0.3, 0.4) is 0 Å². The highest BCUT2D eigenvalue weighted by molar-refractivity contribution is 9.10. The van der Waals surface area contributed by atoms with E-state index in [1.54, 1.807) is 0 Å². The fraction of sp³-hybridized carbons (Fsp3) is 0.0769. The van der Waals surface area contributed by atoms with E-state index in [0.29, 0.717) is 5.69 Å². The number of benzene rings is 1. The van der Waals surface area contributed by atoms with Crippen LogP contribution >= 0.6 is 15.9 Å². The normalized spacial score (nSPS) is 11.2. The summed E-state index contributed by atoms with van der Waals surface area (Å²) < 4.78 is 2.82. The third-order valence-electron chi connectivity index (χ3n) is 2.92. The molecule has 3 nitrogen and oxygen atoms in total. The van der Waals surface area contributed by atoms with Gasteiger partial charge in [0.25, 0.3) is 0 Å². The molecule has 2 aromatic heterocycles. The highest BCUT2D eigenvalue weighted by Gasteiger charge is 2.11. The van der Waals surface area contributed by atoms with Gasteiger partial charge in [-0.2, -0.15) is 0 Å². The zero-order valence-electron chi connectivity index (χ0n) is 9.14. The minimum atomic E-state index is 0.609. The summed E-state index contributed by atoms with van der Waals surface area (Å²) in [6.45, 7) is 1.85. The summed E-state index contributed by atoms with van der Waals surface area (Å²) in [5, 5.41) is 2.14. The maximum absolute atomic E-state index is 11.1. The first-order chi connectivity index (χ1) is 8.22. The number of imidazole rings is 1. The Bertz CT molecular complexity index is 746. The predicted molar refractivity (Wildman–Crippen MR) is 70.5 cm³/mol. The van der Waals surface area contributed by atoms with Crippen molar-refractivity contribution in [3.05, 3.63) is 46.3 Å². The van der Waals surface area contributed by atoms with Gasteiger partial charge in [0.15, 0.2) is 6.29 Å². The molecular formula is C13H9BrN2O. The monoisotopic (exact) mass is 288 g/mol. The minimum absolute atomic E-state index is 0.609. The zero-order chi connectivity index (χ0) is 12.0. The van der Waals surface area contributed by atoms with Crippen molar-refractivity contribution in [3.63, 3.8) is 0 Å². The van der Waals surface area contributed by atoms with Crippen LogP contribution in [0, 0.1) is 6.92 Å². The summed E-state index contributed by atoms with van der Waals surface area (Å²) >= 11 is 3.53. The number of hydrogen-bond acceptors (Lipinski definition) is 2. The molecule has 0 atom stereocenters. The van der Waals surface area contributed by atoms with E-state index < -0.39 is 0 Å². The molecule has 0 aliphatic heterocycles. The summed E-state index contributed by atoms with van der Waals surface area (Å²) in [5.41, 5.74) is 2.18. The van der Waals surface area contributed by atoms with Crippen LogP contribution in [0.2, 0.25) is 0 Å². The van der Waals surface area contributed by atoms with Crippen molar-refractivity contribution < 1.29 is 4.79 Å². The van der Waals surface area contributed by atoms with E-state index in [4.69, 9.17) is 0 Å². The van der Waals surface area contributed by atoms with E-state index in [0.717, 1.165) is 32.9 Å². The molecule has 2 heterocycles. The van der Waals surface area contributed by atoms with Gasteiger partial charge in [-0.1, -0.05) is 28.1 Å². The Hall–Kier alpha value is -1.68. The summed E-state index contributed by atoms with van der Waals surface area (Å²) in [6, 6.07) is 7.98. The average Bonchev–Trinajstić information content (AvgIpc) is 2.64. The molecule has 0 saturated heterocycles. The molecule has 0 aliphatic carbocycles. The number of pyridine rings is 1. The smallest absolute Gasteiger partial charge is 0.168 e. The van der Waals surface area contributed by atoms with Gasteiger partial charge >= 0.3 is 0 Å². The number of rotatable bonds is 1. The van der Waals surface area contributed by atoms with Gasteiger partial charge in [0.05, 0.1) is 5.69 Å². The van der Waals surface area contributed by atoms with Crippen molar-refractivity contribution in [1.82, 2.24) is 9.38 Å². The third-order valence-corrected chi connectivity index (χ3v) is 3.58. The second-order valence-corrected chi connectivity index (χ2v) is 4.77. The molecule has 84 valence electrons. The predicted octanol–water partition coefficient (Wildman–Crippen LogP) is 3.37. The molecule has 3 rings (SSSR count). The second-order valence-electron chi connectivity index (χ2n) is 3.91. The Morgan fingerprint density at radius 1 is 1.35 bits per heavy atom. The van der Waals surface area contributed by atoms with Gasteiger partial charge in [-0.15, -0.1) is 0 Å². The lowest BCUT2D eigenvalue weighted by Gasteiger charge is -2.03. The number of carbonyl (C=O) groups is 1. The molecule has 0 fully saturated rings. The van der Waals surface area contributed by atoms with Crippen molar-refractivity contribution in [1.29, 1.82) is 0 Å². The number of nitrogens with zero attached hydrogens (tertiary/aromatic N) is 2. The number of aromatic nitrogens is 2. The number of aryl methyl sites for hydroxylation is 1. The first-order valence-electron chi connectivity index (χ1n) is 5.23. The standard InChI is InChI=1S/C13H9BrN2O/c1-8-11(7-17)16-6-5-9-3-2-4-10(14)12(9)13(16)15-8/h2-7H,1H3. The third kappa shape index (κ3) is 1.41. The first-order valence-corrected chi connectivity index (χ1v) is 6.03. The number of fused-ring (bicyclic) bond motifs is 3. The fourth-order valence-corrected chi connectivity index (χ4v) is 2.66. The van der Waals surface area contributed by atoms with Crippen molar-refractivity contribution in [3.8, 4) is 0 Å². The lowest BCUT2D eigenvalue weighted by molar-refractivity contribution is 0.111. The maximum atomic E-state index is 11.1. The van der Waals surface area contributed by atoms with Crippen LogP contribution < -0.4 is 0 Å². The fourth-order valence-electron chi connectivity index (χ4n) is 2.10. The number of aldehydes is 1. The van der Waals surface area contributed by atoms with Gasteiger partial charge < -0.3 is 0 Å². The molecular weight excluding hydrogens is 280 g/mol. The first kappa shape index (κ1) is 10.5. The molecule has 0 bridgehead atoms. The van der Waals surface area contributed by atoms with Gasteiger partial charge in [-0.25, -0.2) is 4.98 Å². The van der Waals surface area contributed by atoms with Crippen molar-refractivity contribution in [2.24, 2.45) is 0 Å². The van der Waals surface area contributed by atoms with Crippen LogP contribution in [0.15, 0.2) is 34.9 Å². The Labute approximate surface area is 106 Å². The number of carbonyl (C=O) groups excluding carboxylic acids is 1. The van der Waals surface area contributed by atoms with E-state index in [1.807, 2.05) is 41.8 Å². The summed E-state index contributed by atoms with van der Waals surface area (Å²) in [6.07, 6.45) is 2.73. The van der Waals surface area contributed by atoms with Gasteiger partial charge in [-0.05, 0) is 24.4 Å². The number of halogens is 1.